The second kappa shape index (κ2) is 5.58. The molecule has 3 N–H and O–H groups in total. The van der Waals surface area contributed by atoms with Gasteiger partial charge >= 0.3 is 0 Å². The molecule has 1 aromatic heterocycles. The van der Waals surface area contributed by atoms with Crippen molar-refractivity contribution in [2.75, 3.05) is 0 Å². The number of hydrogen-bond donors (Lipinski definition) is 2. The number of nitrogens with two attached hydrogens (primary N) is 1. The van der Waals surface area contributed by atoms with Gasteiger partial charge in [-0.2, -0.15) is 0 Å². The maximum absolute atomic E-state index is 13.0. The summed E-state index contributed by atoms with van der Waals surface area (Å²) in [5, 5.41) is 1.97. The van der Waals surface area contributed by atoms with E-state index in [1.807, 2.05) is 11.4 Å². The molecule has 1 atom stereocenters. The lowest BCUT2D eigenvalue weighted by Gasteiger charge is -2.17. The highest BCUT2D eigenvalue weighted by Crippen LogP contribution is 2.35. The Hall–Kier alpha value is -0.270. The number of rotatable bonds is 3. The first-order chi connectivity index (χ1) is 8.13. The number of hydrazine groups is 1. The lowest BCUT2D eigenvalue weighted by atomic mass is 10.1. The zero-order valence-corrected chi connectivity index (χ0v) is 12.6. The molecule has 17 heavy (non-hydrogen) atoms. The molecular weight excluding hydrogens is 371 g/mol. The quantitative estimate of drug-likeness (QED) is 0.625. The molecule has 0 spiro atoms. The molecule has 0 aliphatic rings. The van der Waals surface area contributed by atoms with Crippen LogP contribution in [0.5, 0.6) is 0 Å². The molecule has 0 bridgehead atoms. The summed E-state index contributed by atoms with van der Waals surface area (Å²) >= 11 is 8.41. The maximum Gasteiger partial charge on any atom is 0.124 e. The molecule has 0 saturated heterocycles. The van der Waals surface area contributed by atoms with Crippen molar-refractivity contribution < 1.29 is 4.39 Å². The van der Waals surface area contributed by atoms with Gasteiger partial charge in [0.2, 0.25) is 0 Å². The fourth-order valence-electron chi connectivity index (χ4n) is 1.55. The molecule has 1 aromatic carbocycles. The Morgan fingerprint density at radius 1 is 1.24 bits per heavy atom. The highest BCUT2D eigenvalue weighted by molar-refractivity contribution is 9.10. The van der Waals surface area contributed by atoms with E-state index in [9.17, 15) is 4.39 Å². The summed E-state index contributed by atoms with van der Waals surface area (Å²) in [6.45, 7) is 0. The van der Waals surface area contributed by atoms with E-state index in [0.717, 1.165) is 14.9 Å². The van der Waals surface area contributed by atoms with Gasteiger partial charge < -0.3 is 0 Å². The molecule has 0 radical (unpaired) electrons. The van der Waals surface area contributed by atoms with Crippen molar-refractivity contribution in [2.24, 2.45) is 5.84 Å². The van der Waals surface area contributed by atoms with Crippen LogP contribution in [0.4, 0.5) is 4.39 Å². The van der Waals surface area contributed by atoms with Crippen LogP contribution in [-0.2, 0) is 0 Å². The van der Waals surface area contributed by atoms with E-state index >= 15 is 0 Å². The van der Waals surface area contributed by atoms with Crippen molar-refractivity contribution in [1.82, 2.24) is 5.43 Å². The Balaban J connectivity index is 2.46. The minimum atomic E-state index is -0.276. The molecule has 0 aliphatic carbocycles. The summed E-state index contributed by atoms with van der Waals surface area (Å²) in [7, 11) is 0. The maximum atomic E-state index is 13.0. The van der Waals surface area contributed by atoms with E-state index in [-0.39, 0.29) is 11.9 Å². The smallest absolute Gasteiger partial charge is 0.124 e. The van der Waals surface area contributed by atoms with Crippen molar-refractivity contribution in [3.63, 3.8) is 0 Å². The molecule has 0 fully saturated rings. The Labute approximate surface area is 119 Å². The molecule has 1 unspecified atom stereocenters. The summed E-state index contributed by atoms with van der Waals surface area (Å²) in [5.41, 5.74) is 3.65. The second-order valence-electron chi connectivity index (χ2n) is 3.40. The SMILES string of the molecule is NNC(c1ccc(F)cc1Br)c1sccc1Br. The van der Waals surface area contributed by atoms with Gasteiger partial charge in [0, 0.05) is 13.8 Å². The van der Waals surface area contributed by atoms with E-state index < -0.39 is 0 Å². The predicted molar refractivity (Wildman–Crippen MR) is 75.3 cm³/mol. The molecule has 6 heteroatoms. The molecule has 0 amide bonds. The van der Waals surface area contributed by atoms with Crippen LogP contribution in [0.25, 0.3) is 0 Å². The van der Waals surface area contributed by atoms with E-state index in [0.29, 0.717) is 4.47 Å². The molecule has 2 aromatic rings. The topological polar surface area (TPSA) is 38.0 Å². The van der Waals surface area contributed by atoms with Gasteiger partial charge in [-0.25, -0.2) is 9.82 Å². The monoisotopic (exact) mass is 378 g/mol. The molecular formula is C11H9Br2FN2S. The van der Waals surface area contributed by atoms with Gasteiger partial charge in [-0.1, -0.05) is 22.0 Å². The zero-order valence-electron chi connectivity index (χ0n) is 8.58. The summed E-state index contributed by atoms with van der Waals surface area (Å²) in [5.74, 6) is 5.32. The molecule has 2 rings (SSSR count). The number of nitrogens with one attached hydrogen (secondary N) is 1. The van der Waals surface area contributed by atoms with Gasteiger partial charge in [-0.3, -0.25) is 5.84 Å². The van der Waals surface area contributed by atoms with Gasteiger partial charge in [-0.05, 0) is 45.1 Å². The average Bonchev–Trinajstić information content (AvgIpc) is 2.69. The summed E-state index contributed by atoms with van der Waals surface area (Å²) in [4.78, 5) is 1.06. The molecule has 1 heterocycles. The number of thiophene rings is 1. The molecule has 0 saturated carbocycles. The van der Waals surface area contributed by atoms with Crippen molar-refractivity contribution in [3.8, 4) is 0 Å². The fourth-order valence-corrected chi connectivity index (χ4v) is 3.81. The third kappa shape index (κ3) is 2.77. The van der Waals surface area contributed by atoms with Crippen molar-refractivity contribution in [2.45, 2.75) is 6.04 Å². The fraction of sp³-hybridized carbons (Fsp3) is 0.0909. The average molecular weight is 380 g/mol. The third-order valence-corrected chi connectivity index (χ3v) is 4.97. The minimum Gasteiger partial charge on any atom is -0.271 e. The Bertz CT molecular complexity index is 530. The first-order valence-electron chi connectivity index (χ1n) is 4.77. The molecule has 0 aliphatic heterocycles. The van der Waals surface area contributed by atoms with E-state index in [1.165, 1.54) is 12.1 Å². The molecule has 90 valence electrons. The van der Waals surface area contributed by atoms with E-state index in [4.69, 9.17) is 5.84 Å². The summed E-state index contributed by atoms with van der Waals surface area (Å²) < 4.78 is 14.7. The normalized spacial score (nSPS) is 12.7. The van der Waals surface area contributed by atoms with Crippen molar-refractivity contribution in [3.05, 3.63) is 54.8 Å². The van der Waals surface area contributed by atoms with Crippen LogP contribution in [0.15, 0.2) is 38.6 Å². The highest BCUT2D eigenvalue weighted by Gasteiger charge is 2.19. The minimum absolute atomic E-state index is 0.167. The first-order valence-corrected chi connectivity index (χ1v) is 7.24. The van der Waals surface area contributed by atoms with Gasteiger partial charge in [0.1, 0.15) is 5.82 Å². The van der Waals surface area contributed by atoms with Gasteiger partial charge in [-0.15, -0.1) is 11.3 Å². The van der Waals surface area contributed by atoms with Crippen LogP contribution in [0, 0.1) is 5.82 Å². The van der Waals surface area contributed by atoms with E-state index in [2.05, 4.69) is 37.3 Å². The van der Waals surface area contributed by atoms with Gasteiger partial charge in [0.25, 0.3) is 0 Å². The Kier molecular flexibility index (Phi) is 4.32. The van der Waals surface area contributed by atoms with Crippen LogP contribution in [0.1, 0.15) is 16.5 Å². The highest BCUT2D eigenvalue weighted by atomic mass is 79.9. The Morgan fingerprint density at radius 2 is 2.00 bits per heavy atom. The predicted octanol–water partition coefficient (Wildman–Crippen LogP) is 3.96. The van der Waals surface area contributed by atoms with E-state index in [1.54, 1.807) is 17.4 Å². The summed E-state index contributed by atoms with van der Waals surface area (Å²) in [6, 6.07) is 6.37. The van der Waals surface area contributed by atoms with Crippen LogP contribution in [-0.4, -0.2) is 0 Å². The van der Waals surface area contributed by atoms with Crippen LogP contribution < -0.4 is 11.3 Å². The standard InChI is InChI=1S/C11H9Br2FN2S/c12-8-3-4-17-11(8)10(16-15)7-2-1-6(14)5-9(7)13/h1-5,10,16H,15H2. The third-order valence-electron chi connectivity index (χ3n) is 2.35. The van der Waals surface area contributed by atoms with Crippen molar-refractivity contribution >= 4 is 43.2 Å². The number of benzene rings is 1. The van der Waals surface area contributed by atoms with Gasteiger partial charge in [0.15, 0.2) is 0 Å². The van der Waals surface area contributed by atoms with Crippen molar-refractivity contribution in [1.29, 1.82) is 0 Å². The zero-order chi connectivity index (χ0) is 12.4. The molecule has 2 nitrogen and oxygen atoms in total. The Morgan fingerprint density at radius 3 is 2.53 bits per heavy atom. The van der Waals surface area contributed by atoms with Gasteiger partial charge in [0.05, 0.1) is 6.04 Å². The lowest BCUT2D eigenvalue weighted by Crippen LogP contribution is -2.28. The number of hydrogen-bond acceptors (Lipinski definition) is 3. The number of halogens is 3. The summed E-state index contributed by atoms with van der Waals surface area (Å²) in [6.07, 6.45) is 0. The van der Waals surface area contributed by atoms with Crippen LogP contribution in [0.3, 0.4) is 0 Å². The van der Waals surface area contributed by atoms with Crippen LogP contribution in [0.2, 0.25) is 0 Å². The van der Waals surface area contributed by atoms with Crippen LogP contribution >= 0.6 is 43.2 Å². The largest absolute Gasteiger partial charge is 0.271 e. The lowest BCUT2D eigenvalue weighted by molar-refractivity contribution is 0.615. The first kappa shape index (κ1) is 13.2. The second-order valence-corrected chi connectivity index (χ2v) is 6.05.